The van der Waals surface area contributed by atoms with Gasteiger partial charge in [0.15, 0.2) is 0 Å². The van der Waals surface area contributed by atoms with E-state index < -0.39 is 0 Å². The Bertz CT molecular complexity index is 2580. The van der Waals surface area contributed by atoms with E-state index in [0.29, 0.717) is 0 Å². The lowest BCUT2D eigenvalue weighted by atomic mass is 9.81. The van der Waals surface area contributed by atoms with Gasteiger partial charge in [-0.15, -0.1) is 0 Å². The number of rotatable bonds is 2. The van der Waals surface area contributed by atoms with Crippen LogP contribution in [0.5, 0.6) is 0 Å². The minimum atomic E-state index is 0.123. The van der Waals surface area contributed by atoms with Gasteiger partial charge < -0.3 is 0 Å². The van der Waals surface area contributed by atoms with E-state index in [1.54, 1.807) is 0 Å². The van der Waals surface area contributed by atoms with Crippen LogP contribution in [0.2, 0.25) is 0 Å². The van der Waals surface area contributed by atoms with Crippen molar-refractivity contribution >= 4 is 43.1 Å². The molecule has 258 valence electrons. The van der Waals surface area contributed by atoms with E-state index in [0.717, 1.165) is 0 Å². The molecule has 0 heterocycles. The van der Waals surface area contributed by atoms with E-state index in [4.69, 9.17) is 0 Å². The van der Waals surface area contributed by atoms with Crippen LogP contribution < -0.4 is 0 Å². The van der Waals surface area contributed by atoms with Crippen LogP contribution in [-0.4, -0.2) is 0 Å². The largest absolute Gasteiger partial charge is 0.0622 e. The lowest BCUT2D eigenvalue weighted by Crippen LogP contribution is -2.15. The molecular formula is C53H46. The topological polar surface area (TPSA) is 0 Å². The molecule has 0 amide bonds. The van der Waals surface area contributed by atoms with Gasteiger partial charge in [-0.05, 0) is 116 Å². The molecule has 0 unspecified atom stereocenters. The first-order valence-electron chi connectivity index (χ1n) is 18.7. The van der Waals surface area contributed by atoms with Crippen LogP contribution in [0.3, 0.4) is 0 Å². The van der Waals surface area contributed by atoms with Gasteiger partial charge in [-0.3, -0.25) is 0 Å². The van der Waals surface area contributed by atoms with Crippen molar-refractivity contribution in [2.75, 3.05) is 0 Å². The molecule has 9 aromatic rings. The van der Waals surface area contributed by atoms with Crippen molar-refractivity contribution in [2.45, 2.75) is 47.0 Å². The molecule has 0 atom stereocenters. The van der Waals surface area contributed by atoms with Gasteiger partial charge in [0.2, 0.25) is 0 Å². The molecule has 53 heavy (non-hydrogen) atoms. The first kappa shape index (κ1) is 34.1. The van der Waals surface area contributed by atoms with Crippen LogP contribution in [0.4, 0.5) is 0 Å². The zero-order valence-corrected chi connectivity index (χ0v) is 31.7. The average molecular weight is 683 g/mol. The van der Waals surface area contributed by atoms with Crippen molar-refractivity contribution in [3.63, 3.8) is 0 Å². The molecule has 1 aliphatic rings. The Hall–Kier alpha value is -5.98. The highest BCUT2D eigenvalue weighted by molar-refractivity contribution is 6.15. The van der Waals surface area contributed by atoms with Gasteiger partial charge in [0.25, 0.3) is 0 Å². The Kier molecular flexibility index (Phi) is 8.93. The van der Waals surface area contributed by atoms with Gasteiger partial charge in [0.05, 0.1) is 0 Å². The number of hydrogen-bond donors (Lipinski definition) is 0. The van der Waals surface area contributed by atoms with Crippen LogP contribution in [0.15, 0.2) is 170 Å². The highest BCUT2D eigenvalue weighted by Crippen LogP contribution is 2.49. The highest BCUT2D eigenvalue weighted by Gasteiger charge is 2.34. The van der Waals surface area contributed by atoms with E-state index in [9.17, 15) is 0 Å². The monoisotopic (exact) mass is 682 g/mol. The van der Waals surface area contributed by atoms with E-state index in [1.807, 2.05) is 12.1 Å². The Morgan fingerprint density at radius 3 is 1.04 bits per heavy atom. The maximum absolute atomic E-state index is 2.37. The maximum Gasteiger partial charge on any atom is 0.0159 e. The molecule has 0 heteroatoms. The Labute approximate surface area is 314 Å². The fraction of sp³-hybridized carbons (Fsp3) is 0.132. The zero-order valence-electron chi connectivity index (χ0n) is 31.7. The number of aryl methyl sites for hydroxylation is 4. The SMILES string of the molecule is Cc1cc2c3c(ccc4cc(C)cc(c43)C2(C)C)c1.Cc1ccc2cc(-c3ccccc3)ccc2c1.Cc1ccc2cc(-c3ccccc3)ccc2c1. The fourth-order valence-corrected chi connectivity index (χ4v) is 8.11. The van der Waals surface area contributed by atoms with E-state index in [2.05, 4.69) is 199 Å². The second kappa shape index (κ2) is 13.9. The van der Waals surface area contributed by atoms with Crippen LogP contribution in [0.25, 0.3) is 65.3 Å². The molecule has 0 bridgehead atoms. The van der Waals surface area contributed by atoms with Gasteiger partial charge in [-0.1, -0.05) is 194 Å². The highest BCUT2D eigenvalue weighted by atomic mass is 14.4. The van der Waals surface area contributed by atoms with Crippen LogP contribution in [0, 0.1) is 27.7 Å². The lowest BCUT2D eigenvalue weighted by molar-refractivity contribution is 0.661. The summed E-state index contributed by atoms with van der Waals surface area (Å²) >= 11 is 0. The summed E-state index contributed by atoms with van der Waals surface area (Å²) in [5.74, 6) is 0. The smallest absolute Gasteiger partial charge is 0.0159 e. The van der Waals surface area contributed by atoms with Gasteiger partial charge in [-0.25, -0.2) is 0 Å². The first-order chi connectivity index (χ1) is 25.6. The van der Waals surface area contributed by atoms with Crippen molar-refractivity contribution in [1.29, 1.82) is 0 Å². The van der Waals surface area contributed by atoms with Gasteiger partial charge in [0, 0.05) is 5.41 Å². The minimum absolute atomic E-state index is 0.123. The number of hydrogen-bond acceptors (Lipinski definition) is 0. The molecule has 0 nitrogen and oxygen atoms in total. The predicted octanol–water partition coefficient (Wildman–Crippen LogP) is 14.9. The summed E-state index contributed by atoms with van der Waals surface area (Å²) in [7, 11) is 0. The summed E-state index contributed by atoms with van der Waals surface area (Å²) in [6.07, 6.45) is 0. The number of benzene rings is 9. The summed E-state index contributed by atoms with van der Waals surface area (Å²) in [6, 6.07) is 61.4. The quantitative estimate of drug-likeness (QED) is 0.159. The molecule has 0 aromatic heterocycles. The first-order valence-corrected chi connectivity index (χ1v) is 18.7. The standard InChI is InChI=1S/C19H18.2C17H14/c1-11-7-13-5-6-14-8-12(2)10-16-18(14)17(13)15(9-11)19(16,3)4;2*1-13-7-8-17-12-16(10-9-15(17)11-13)14-5-3-2-4-6-14/h5-10H,1-4H3;2*2-12H,1H3. The molecule has 0 aliphatic heterocycles. The lowest BCUT2D eigenvalue weighted by Gasteiger charge is -2.22. The van der Waals surface area contributed by atoms with Gasteiger partial charge in [0.1, 0.15) is 0 Å². The van der Waals surface area contributed by atoms with Crippen molar-refractivity contribution in [1.82, 2.24) is 0 Å². The van der Waals surface area contributed by atoms with Crippen molar-refractivity contribution in [3.05, 3.63) is 203 Å². The van der Waals surface area contributed by atoms with Crippen molar-refractivity contribution in [3.8, 4) is 22.3 Å². The molecule has 0 fully saturated rings. The van der Waals surface area contributed by atoms with E-state index >= 15 is 0 Å². The predicted molar refractivity (Wildman–Crippen MR) is 231 cm³/mol. The Morgan fingerprint density at radius 1 is 0.283 bits per heavy atom. The summed E-state index contributed by atoms with van der Waals surface area (Å²) in [5, 5.41) is 10.9. The van der Waals surface area contributed by atoms with Crippen LogP contribution >= 0.6 is 0 Å². The van der Waals surface area contributed by atoms with E-state index in [-0.39, 0.29) is 5.41 Å². The fourth-order valence-electron chi connectivity index (χ4n) is 8.11. The third-order valence-corrected chi connectivity index (χ3v) is 10.9. The molecule has 1 aliphatic carbocycles. The molecule has 0 saturated carbocycles. The molecule has 0 saturated heterocycles. The second-order valence-corrected chi connectivity index (χ2v) is 15.4. The van der Waals surface area contributed by atoms with Crippen LogP contribution in [0.1, 0.15) is 47.2 Å². The normalized spacial score (nSPS) is 12.5. The minimum Gasteiger partial charge on any atom is -0.0622 e. The third-order valence-electron chi connectivity index (χ3n) is 10.9. The van der Waals surface area contributed by atoms with Crippen molar-refractivity contribution < 1.29 is 0 Å². The molecule has 10 rings (SSSR count). The summed E-state index contributed by atoms with van der Waals surface area (Å²) < 4.78 is 0. The molecular weight excluding hydrogens is 637 g/mol. The second-order valence-electron chi connectivity index (χ2n) is 15.4. The maximum atomic E-state index is 2.37. The zero-order chi connectivity index (χ0) is 36.7. The average Bonchev–Trinajstić information content (AvgIpc) is 3.40. The van der Waals surface area contributed by atoms with E-state index in [1.165, 1.54) is 98.7 Å². The Morgan fingerprint density at radius 2 is 0.623 bits per heavy atom. The molecule has 0 N–H and O–H groups in total. The van der Waals surface area contributed by atoms with Gasteiger partial charge >= 0.3 is 0 Å². The van der Waals surface area contributed by atoms with Crippen molar-refractivity contribution in [2.24, 2.45) is 0 Å². The summed E-state index contributed by atoms with van der Waals surface area (Å²) in [5.41, 5.74) is 13.6. The number of fused-ring (bicyclic) bond motifs is 2. The summed E-state index contributed by atoms with van der Waals surface area (Å²) in [4.78, 5) is 0. The molecule has 9 aromatic carbocycles. The summed E-state index contributed by atoms with van der Waals surface area (Å²) in [6.45, 7) is 13.4. The molecule has 0 spiro atoms. The molecule has 0 radical (unpaired) electrons. The van der Waals surface area contributed by atoms with Gasteiger partial charge in [-0.2, -0.15) is 0 Å². The van der Waals surface area contributed by atoms with Crippen LogP contribution in [-0.2, 0) is 5.41 Å². The Balaban J connectivity index is 0.000000114. The third kappa shape index (κ3) is 6.74.